The van der Waals surface area contributed by atoms with E-state index in [4.69, 9.17) is 0 Å². The molecule has 0 unspecified atom stereocenters. The Morgan fingerprint density at radius 2 is 0.958 bits per heavy atom. The standard InChI is InChI=1S/C19H40N4Si/c1-18(2,20-15-9-3-4-10-15)19(23-24,21-16-11-5-6-12-16)22-17-13-7-8-14-17/h15-17,20-23H,3-14H2,1-2,24H3. The monoisotopic (exact) mass is 352 g/mol. The predicted molar refractivity (Wildman–Crippen MR) is 106 cm³/mol. The highest BCUT2D eigenvalue weighted by Crippen LogP contribution is 2.29. The van der Waals surface area contributed by atoms with Gasteiger partial charge in [-0.1, -0.05) is 38.5 Å². The molecule has 5 heteroatoms. The molecule has 0 aliphatic heterocycles. The molecule has 0 saturated heterocycles. The van der Waals surface area contributed by atoms with Gasteiger partial charge in [0.1, 0.15) is 5.79 Å². The first-order valence-corrected chi connectivity index (χ1v) is 11.6. The van der Waals surface area contributed by atoms with Crippen molar-refractivity contribution in [3.05, 3.63) is 0 Å². The second kappa shape index (κ2) is 8.17. The minimum Gasteiger partial charge on any atom is -0.315 e. The van der Waals surface area contributed by atoms with E-state index in [2.05, 4.69) is 34.8 Å². The molecule has 3 aliphatic carbocycles. The van der Waals surface area contributed by atoms with Crippen molar-refractivity contribution in [1.82, 2.24) is 20.9 Å². The second-order valence-electron chi connectivity index (χ2n) is 9.00. The molecule has 140 valence electrons. The molecule has 4 nitrogen and oxygen atoms in total. The van der Waals surface area contributed by atoms with Crippen LogP contribution in [0.2, 0.25) is 0 Å². The summed E-state index contributed by atoms with van der Waals surface area (Å²) in [5.74, 6) is -0.175. The highest BCUT2D eigenvalue weighted by molar-refractivity contribution is 6.05. The minimum atomic E-state index is -0.175. The quantitative estimate of drug-likeness (QED) is 0.398. The molecular formula is C19H40N4Si. The first-order chi connectivity index (χ1) is 11.5. The molecule has 3 fully saturated rings. The van der Waals surface area contributed by atoms with E-state index in [1.165, 1.54) is 77.0 Å². The summed E-state index contributed by atoms with van der Waals surface area (Å²) < 4.78 is 0. The van der Waals surface area contributed by atoms with E-state index in [0.29, 0.717) is 18.1 Å². The Hall–Kier alpha value is 0.0569. The van der Waals surface area contributed by atoms with E-state index in [1.807, 2.05) is 0 Å². The molecule has 0 amide bonds. The van der Waals surface area contributed by atoms with E-state index < -0.39 is 0 Å². The Morgan fingerprint density at radius 1 is 0.625 bits per heavy atom. The van der Waals surface area contributed by atoms with Crippen molar-refractivity contribution < 1.29 is 0 Å². The lowest BCUT2D eigenvalue weighted by Gasteiger charge is -2.52. The van der Waals surface area contributed by atoms with Crippen LogP contribution in [0.4, 0.5) is 0 Å². The normalized spacial score (nSPS) is 25.2. The fourth-order valence-electron chi connectivity index (χ4n) is 5.30. The average molecular weight is 353 g/mol. The van der Waals surface area contributed by atoms with Crippen molar-refractivity contribution in [3.8, 4) is 0 Å². The van der Waals surface area contributed by atoms with E-state index in [-0.39, 0.29) is 11.3 Å². The Morgan fingerprint density at radius 3 is 1.29 bits per heavy atom. The molecule has 3 aliphatic rings. The molecule has 0 aromatic carbocycles. The molecule has 0 aromatic heterocycles. The van der Waals surface area contributed by atoms with Gasteiger partial charge in [0.05, 0.1) is 15.9 Å². The summed E-state index contributed by atoms with van der Waals surface area (Å²) in [5.41, 5.74) is -0.00502. The van der Waals surface area contributed by atoms with Crippen LogP contribution in [0.15, 0.2) is 0 Å². The van der Waals surface area contributed by atoms with E-state index >= 15 is 0 Å². The van der Waals surface area contributed by atoms with Gasteiger partial charge in [-0.15, -0.1) is 0 Å². The van der Waals surface area contributed by atoms with Crippen molar-refractivity contribution >= 4 is 10.4 Å². The van der Waals surface area contributed by atoms with E-state index in [1.54, 1.807) is 0 Å². The maximum Gasteiger partial charge on any atom is 0.135 e. The van der Waals surface area contributed by atoms with Crippen molar-refractivity contribution in [2.24, 2.45) is 0 Å². The van der Waals surface area contributed by atoms with Gasteiger partial charge in [0.25, 0.3) is 0 Å². The lowest BCUT2D eigenvalue weighted by atomic mass is 9.91. The van der Waals surface area contributed by atoms with E-state index in [9.17, 15) is 0 Å². The van der Waals surface area contributed by atoms with Crippen molar-refractivity contribution in [2.45, 2.75) is 120 Å². The van der Waals surface area contributed by atoms with Crippen LogP contribution in [0.25, 0.3) is 0 Å². The van der Waals surface area contributed by atoms with Crippen LogP contribution in [0.3, 0.4) is 0 Å². The number of nitrogens with one attached hydrogen (secondary N) is 4. The molecular weight excluding hydrogens is 312 g/mol. The lowest BCUT2D eigenvalue weighted by Crippen LogP contribution is -2.82. The topological polar surface area (TPSA) is 48.1 Å². The van der Waals surface area contributed by atoms with E-state index in [0.717, 1.165) is 10.4 Å². The van der Waals surface area contributed by atoms with Crippen LogP contribution >= 0.6 is 0 Å². The molecule has 4 N–H and O–H groups in total. The van der Waals surface area contributed by atoms with Crippen LogP contribution in [0, 0.1) is 0 Å². The number of hydrogen-bond donors (Lipinski definition) is 4. The van der Waals surface area contributed by atoms with Crippen LogP contribution in [-0.4, -0.2) is 39.9 Å². The van der Waals surface area contributed by atoms with Gasteiger partial charge in [0.2, 0.25) is 0 Å². The zero-order chi connectivity index (χ0) is 17.0. The fraction of sp³-hybridized carbons (Fsp3) is 1.00. The summed E-state index contributed by atoms with van der Waals surface area (Å²) >= 11 is 0. The Kier molecular flexibility index (Phi) is 6.41. The summed E-state index contributed by atoms with van der Waals surface area (Å²) in [6.45, 7) is 4.81. The molecule has 24 heavy (non-hydrogen) atoms. The third-order valence-corrected chi connectivity index (χ3v) is 7.53. The van der Waals surface area contributed by atoms with Gasteiger partial charge in [0, 0.05) is 18.1 Å². The van der Waals surface area contributed by atoms with Crippen molar-refractivity contribution in [3.63, 3.8) is 0 Å². The van der Waals surface area contributed by atoms with Gasteiger partial charge < -0.3 is 10.3 Å². The predicted octanol–water partition coefficient (Wildman–Crippen LogP) is 1.89. The number of hydrogen-bond acceptors (Lipinski definition) is 4. The third-order valence-electron chi connectivity index (χ3n) is 6.78. The SMILES string of the molecule is CC(C)(NC1CCCC1)C(N[SiH3])(NC1CCCC1)NC1CCCC1. The Labute approximate surface area is 152 Å². The fourth-order valence-corrected chi connectivity index (χ4v) is 6.21. The summed E-state index contributed by atoms with van der Waals surface area (Å²) in [7, 11) is 0.993. The van der Waals surface area contributed by atoms with Gasteiger partial charge in [-0.3, -0.25) is 10.6 Å². The molecule has 0 bridgehead atoms. The molecule has 0 radical (unpaired) electrons. The van der Waals surface area contributed by atoms with Crippen LogP contribution in [0.5, 0.6) is 0 Å². The zero-order valence-corrected chi connectivity index (χ0v) is 18.2. The summed E-state index contributed by atoms with van der Waals surface area (Å²) in [6, 6.07) is 2.00. The first-order valence-electron chi connectivity index (χ1n) is 10.6. The van der Waals surface area contributed by atoms with Crippen LogP contribution in [-0.2, 0) is 0 Å². The molecule has 0 heterocycles. The average Bonchev–Trinajstić information content (AvgIpc) is 3.29. The largest absolute Gasteiger partial charge is 0.315 e. The molecule has 3 saturated carbocycles. The maximum absolute atomic E-state index is 4.07. The Bertz CT molecular complexity index is 365. The van der Waals surface area contributed by atoms with Gasteiger partial charge in [-0.25, -0.2) is 0 Å². The molecule has 0 aromatic rings. The Balaban J connectivity index is 1.76. The van der Waals surface area contributed by atoms with Gasteiger partial charge in [-0.05, 0) is 52.4 Å². The molecule has 3 rings (SSSR count). The lowest BCUT2D eigenvalue weighted by molar-refractivity contribution is 0.0675. The minimum absolute atomic E-state index is 0.00502. The van der Waals surface area contributed by atoms with Crippen molar-refractivity contribution in [1.29, 1.82) is 0 Å². The van der Waals surface area contributed by atoms with Gasteiger partial charge >= 0.3 is 0 Å². The molecule has 0 spiro atoms. The highest BCUT2D eigenvalue weighted by atomic mass is 28.2. The third kappa shape index (κ3) is 4.23. The number of rotatable bonds is 8. The second-order valence-corrected chi connectivity index (χ2v) is 9.50. The zero-order valence-electron chi connectivity index (χ0n) is 16.2. The van der Waals surface area contributed by atoms with Crippen LogP contribution < -0.4 is 20.9 Å². The smallest absolute Gasteiger partial charge is 0.135 e. The van der Waals surface area contributed by atoms with Crippen LogP contribution in [0.1, 0.15) is 90.9 Å². The highest BCUT2D eigenvalue weighted by Gasteiger charge is 2.47. The summed E-state index contributed by atoms with van der Waals surface area (Å²) in [6.07, 6.45) is 16.3. The van der Waals surface area contributed by atoms with Gasteiger partial charge in [-0.2, -0.15) is 0 Å². The summed E-state index contributed by atoms with van der Waals surface area (Å²) in [4.78, 5) is 3.84. The molecule has 0 atom stereocenters. The van der Waals surface area contributed by atoms with Gasteiger partial charge in [0.15, 0.2) is 0 Å². The summed E-state index contributed by atoms with van der Waals surface area (Å²) in [5, 5.41) is 12.2. The maximum atomic E-state index is 4.07. The van der Waals surface area contributed by atoms with Crippen molar-refractivity contribution in [2.75, 3.05) is 0 Å². The first kappa shape index (κ1) is 18.8.